The lowest BCUT2D eigenvalue weighted by Gasteiger charge is -2.21. The fraction of sp³-hybridized carbons (Fsp3) is 0.667. The topological polar surface area (TPSA) is 47.9 Å². The van der Waals surface area contributed by atoms with Crippen LogP contribution in [0.1, 0.15) is 6.92 Å². The van der Waals surface area contributed by atoms with Gasteiger partial charge in [0.1, 0.15) is 12.8 Å². The maximum Gasteiger partial charge on any atom is 0.152 e. The Kier molecular flexibility index (Phi) is 2.78. The third-order valence-corrected chi connectivity index (χ3v) is 1.86. The van der Waals surface area contributed by atoms with Crippen LogP contribution in [0.3, 0.4) is 0 Å². The lowest BCUT2D eigenvalue weighted by molar-refractivity contribution is 0.320. The van der Waals surface area contributed by atoms with Gasteiger partial charge in [0.15, 0.2) is 5.84 Å². The highest BCUT2D eigenvalue weighted by atomic mass is 32.1. The predicted molar refractivity (Wildman–Crippen MR) is 47.5 cm³/mol. The summed E-state index contributed by atoms with van der Waals surface area (Å²) in [5, 5.41) is 14.3. The number of amidine groups is 1. The summed E-state index contributed by atoms with van der Waals surface area (Å²) in [7, 11) is 0. The predicted octanol–water partition coefficient (Wildman–Crippen LogP) is -0.457. The van der Waals surface area contributed by atoms with Crippen LogP contribution < -0.4 is 5.43 Å². The van der Waals surface area contributed by atoms with Gasteiger partial charge < -0.3 is 10.0 Å². The minimum absolute atomic E-state index is 0.0304. The number of likely N-dealkylation sites (N-methyl/N-ethyl adjacent to an activating group) is 1. The van der Waals surface area contributed by atoms with Gasteiger partial charge in [0.25, 0.3) is 0 Å². The zero-order chi connectivity index (χ0) is 8.27. The highest BCUT2D eigenvalue weighted by Gasteiger charge is 2.22. The van der Waals surface area contributed by atoms with Crippen molar-refractivity contribution in [1.82, 2.24) is 10.3 Å². The van der Waals surface area contributed by atoms with E-state index in [9.17, 15) is 0 Å². The number of hydrogen-bond donors (Lipinski definition) is 2. The molecule has 0 saturated carbocycles. The number of thiocarbonyl (C=S) groups is 1. The average Bonchev–Trinajstić information content (AvgIpc) is 2.45. The molecule has 0 aromatic heterocycles. The number of nitrogens with one attached hydrogen (secondary N) is 1. The molecule has 1 rings (SSSR count). The quantitative estimate of drug-likeness (QED) is 0.567. The van der Waals surface area contributed by atoms with Gasteiger partial charge in [-0.1, -0.05) is 12.2 Å². The monoisotopic (exact) mass is 173 g/mol. The van der Waals surface area contributed by atoms with Crippen molar-refractivity contribution < 1.29 is 5.11 Å². The van der Waals surface area contributed by atoms with Gasteiger partial charge in [-0.05, 0) is 6.92 Å². The summed E-state index contributed by atoms with van der Waals surface area (Å²) >= 11 is 4.77. The van der Waals surface area contributed by atoms with E-state index in [0.717, 1.165) is 6.54 Å². The highest BCUT2D eigenvalue weighted by Crippen LogP contribution is 2.03. The second-order valence-corrected chi connectivity index (χ2v) is 2.45. The Bertz CT molecular complexity index is 183. The van der Waals surface area contributed by atoms with Gasteiger partial charge in [-0.25, -0.2) is 0 Å². The molecule has 5 heteroatoms. The lowest BCUT2D eigenvalue weighted by atomic mass is 10.4. The number of nitrogens with zero attached hydrogens (tertiary/aromatic N) is 2. The third-order valence-electron chi connectivity index (χ3n) is 1.60. The smallest absolute Gasteiger partial charge is 0.152 e. The summed E-state index contributed by atoms with van der Waals surface area (Å²) < 4.78 is 0. The summed E-state index contributed by atoms with van der Waals surface area (Å²) in [6.45, 7) is 2.74. The van der Waals surface area contributed by atoms with Gasteiger partial charge in [0.05, 0.1) is 0 Å². The molecule has 62 valence electrons. The van der Waals surface area contributed by atoms with Gasteiger partial charge in [-0.2, -0.15) is 5.10 Å². The standard InChI is InChI=1S/C6H11N3OS/c1-2-9-5(3-10)7-8-6(9)4-11/h4,6,8,10H,2-3H2,1H3. The van der Waals surface area contributed by atoms with E-state index in [4.69, 9.17) is 17.3 Å². The molecule has 0 spiro atoms. The zero-order valence-electron chi connectivity index (χ0n) is 6.32. The van der Waals surface area contributed by atoms with Gasteiger partial charge in [-0.15, -0.1) is 0 Å². The summed E-state index contributed by atoms with van der Waals surface area (Å²) in [6.07, 6.45) is -0.0304. The molecule has 0 aliphatic carbocycles. The Morgan fingerprint density at radius 1 is 1.91 bits per heavy atom. The van der Waals surface area contributed by atoms with E-state index in [0.29, 0.717) is 5.84 Å². The molecule has 1 unspecified atom stereocenters. The Hall–Kier alpha value is -0.680. The number of aliphatic hydroxyl groups excluding tert-OH is 1. The van der Waals surface area contributed by atoms with Crippen molar-refractivity contribution in [2.24, 2.45) is 5.10 Å². The number of hydrogen-bond acceptors (Lipinski definition) is 5. The molecule has 0 amide bonds. The molecule has 1 aliphatic heterocycles. The molecule has 1 heterocycles. The van der Waals surface area contributed by atoms with E-state index in [1.807, 2.05) is 11.8 Å². The van der Waals surface area contributed by atoms with Crippen LogP contribution in [0.5, 0.6) is 0 Å². The van der Waals surface area contributed by atoms with Crippen LogP contribution in [0.25, 0.3) is 0 Å². The highest BCUT2D eigenvalue weighted by molar-refractivity contribution is 7.79. The van der Waals surface area contributed by atoms with Crippen molar-refractivity contribution >= 4 is 23.4 Å². The minimum atomic E-state index is -0.0412. The molecular formula is C6H11N3OS. The number of aliphatic hydroxyl groups is 1. The molecule has 11 heavy (non-hydrogen) atoms. The third kappa shape index (κ3) is 1.49. The largest absolute Gasteiger partial charge is 0.388 e. The van der Waals surface area contributed by atoms with Gasteiger partial charge in [0.2, 0.25) is 0 Å². The van der Waals surface area contributed by atoms with Crippen LogP contribution in [-0.2, 0) is 0 Å². The van der Waals surface area contributed by atoms with Gasteiger partial charge >= 0.3 is 0 Å². The van der Waals surface area contributed by atoms with Crippen molar-refractivity contribution in [2.45, 2.75) is 13.1 Å². The first-order valence-electron chi connectivity index (χ1n) is 3.48. The molecule has 0 aromatic carbocycles. The molecule has 2 N–H and O–H groups in total. The normalized spacial score (nSPS) is 22.9. The van der Waals surface area contributed by atoms with Gasteiger partial charge in [-0.3, -0.25) is 5.43 Å². The van der Waals surface area contributed by atoms with Crippen molar-refractivity contribution in [3.05, 3.63) is 0 Å². The first kappa shape index (κ1) is 8.42. The summed E-state index contributed by atoms with van der Waals surface area (Å²) in [6, 6.07) is 0. The zero-order valence-corrected chi connectivity index (χ0v) is 7.14. The molecule has 0 bridgehead atoms. The van der Waals surface area contributed by atoms with E-state index >= 15 is 0 Å². The summed E-state index contributed by atoms with van der Waals surface area (Å²) in [4.78, 5) is 1.91. The Labute approximate surface area is 70.9 Å². The summed E-state index contributed by atoms with van der Waals surface area (Å²) in [5.41, 5.74) is 2.80. The Morgan fingerprint density at radius 2 is 2.64 bits per heavy atom. The molecule has 0 radical (unpaired) electrons. The second kappa shape index (κ2) is 3.64. The SMILES string of the molecule is CCN1C(CO)=NNC1C=S. The van der Waals surface area contributed by atoms with Gasteiger partial charge in [0, 0.05) is 11.9 Å². The Balaban J connectivity index is 2.64. The van der Waals surface area contributed by atoms with Crippen molar-refractivity contribution in [3.8, 4) is 0 Å². The van der Waals surface area contributed by atoms with Crippen LogP contribution in [0.2, 0.25) is 0 Å². The molecule has 0 aromatic rings. The number of rotatable bonds is 3. The molecule has 0 saturated heterocycles. The Morgan fingerprint density at radius 3 is 3.09 bits per heavy atom. The van der Waals surface area contributed by atoms with Crippen LogP contribution >= 0.6 is 12.2 Å². The fourth-order valence-corrected chi connectivity index (χ4v) is 1.25. The second-order valence-electron chi connectivity index (χ2n) is 2.18. The van der Waals surface area contributed by atoms with Crippen molar-refractivity contribution in [2.75, 3.05) is 13.2 Å². The van der Waals surface area contributed by atoms with E-state index in [1.54, 1.807) is 5.37 Å². The van der Waals surface area contributed by atoms with Crippen LogP contribution in [-0.4, -0.2) is 40.5 Å². The molecule has 0 fully saturated rings. The molecular weight excluding hydrogens is 162 g/mol. The molecule has 4 nitrogen and oxygen atoms in total. The van der Waals surface area contributed by atoms with E-state index in [-0.39, 0.29) is 12.8 Å². The lowest BCUT2D eigenvalue weighted by Crippen LogP contribution is -2.41. The van der Waals surface area contributed by atoms with E-state index in [1.165, 1.54) is 0 Å². The van der Waals surface area contributed by atoms with E-state index in [2.05, 4.69) is 10.5 Å². The van der Waals surface area contributed by atoms with Crippen molar-refractivity contribution in [3.63, 3.8) is 0 Å². The van der Waals surface area contributed by atoms with Crippen molar-refractivity contribution in [1.29, 1.82) is 0 Å². The minimum Gasteiger partial charge on any atom is -0.388 e. The first-order chi connectivity index (χ1) is 5.33. The molecule has 1 atom stereocenters. The average molecular weight is 173 g/mol. The summed E-state index contributed by atoms with van der Waals surface area (Å²) in [5.74, 6) is 0.651. The van der Waals surface area contributed by atoms with Crippen LogP contribution in [0, 0.1) is 0 Å². The first-order valence-corrected chi connectivity index (χ1v) is 3.95. The van der Waals surface area contributed by atoms with E-state index < -0.39 is 0 Å². The van der Waals surface area contributed by atoms with Crippen LogP contribution in [0.4, 0.5) is 0 Å². The molecule has 1 aliphatic rings. The van der Waals surface area contributed by atoms with Crippen LogP contribution in [0.15, 0.2) is 5.10 Å². The maximum absolute atomic E-state index is 8.82. The number of hydrazone groups is 1. The fourth-order valence-electron chi connectivity index (χ4n) is 1.04. The maximum atomic E-state index is 8.82.